The van der Waals surface area contributed by atoms with Crippen molar-refractivity contribution in [1.29, 1.82) is 0 Å². The molecule has 1 fully saturated rings. The number of hydrogen-bond acceptors (Lipinski definition) is 5. The second-order valence-corrected chi connectivity index (χ2v) is 8.09. The van der Waals surface area contributed by atoms with Crippen LogP contribution in [0.3, 0.4) is 0 Å². The van der Waals surface area contributed by atoms with Crippen LogP contribution in [0.5, 0.6) is 5.75 Å². The van der Waals surface area contributed by atoms with Gasteiger partial charge in [0.15, 0.2) is 0 Å². The van der Waals surface area contributed by atoms with Crippen LogP contribution in [0.15, 0.2) is 60.0 Å². The maximum atomic E-state index is 13.4. The highest BCUT2D eigenvalue weighted by Gasteiger charge is 2.41. The molecule has 4 rings (SSSR count). The Hall–Kier alpha value is -3.72. The maximum Gasteiger partial charge on any atom is 0.252 e. The summed E-state index contributed by atoms with van der Waals surface area (Å²) in [6.07, 6.45) is 4.04. The molecule has 1 amide bonds. The summed E-state index contributed by atoms with van der Waals surface area (Å²) in [6.45, 7) is 3.94. The largest absolute Gasteiger partial charge is 0.495 e. The molecular weight excluding hydrogens is 437 g/mol. The molecule has 2 aromatic carbocycles. The molecule has 0 saturated carbocycles. The lowest BCUT2D eigenvalue weighted by Crippen LogP contribution is -2.38. The zero-order chi connectivity index (χ0) is 24.2. The van der Waals surface area contributed by atoms with E-state index in [2.05, 4.69) is 15.3 Å². The predicted octanol–water partition coefficient (Wildman–Crippen LogP) is 2.78. The molecule has 0 spiro atoms. The quantitative estimate of drug-likeness (QED) is 0.534. The van der Waals surface area contributed by atoms with Gasteiger partial charge < -0.3 is 19.7 Å². The molecule has 8 nitrogen and oxygen atoms in total. The highest BCUT2D eigenvalue weighted by Crippen LogP contribution is 2.28. The molecular formula is C25H28FN5O3. The first-order chi connectivity index (χ1) is 16.4. The Morgan fingerprint density at radius 2 is 2.03 bits per heavy atom. The summed E-state index contributed by atoms with van der Waals surface area (Å²) >= 11 is 0. The lowest BCUT2D eigenvalue weighted by Gasteiger charge is -2.26. The molecule has 178 valence electrons. The molecule has 0 aliphatic carbocycles. The van der Waals surface area contributed by atoms with E-state index >= 15 is 0 Å². The number of carbonyl (C=O) groups excluding carboxylic acids is 1. The number of aryl methyl sites for hydroxylation is 1. The number of aliphatic imine (C=N–C) groups is 1. The van der Waals surface area contributed by atoms with Gasteiger partial charge in [0.25, 0.3) is 5.91 Å². The Balaban J connectivity index is 1.60. The van der Waals surface area contributed by atoms with Crippen molar-refractivity contribution >= 4 is 11.9 Å². The van der Waals surface area contributed by atoms with E-state index in [4.69, 9.17) is 4.74 Å². The predicted molar refractivity (Wildman–Crippen MR) is 127 cm³/mol. The number of aliphatic hydroxyl groups is 1. The third-order valence-electron chi connectivity index (χ3n) is 5.79. The molecule has 0 bridgehead atoms. The molecule has 1 saturated heterocycles. The Labute approximate surface area is 197 Å². The summed E-state index contributed by atoms with van der Waals surface area (Å²) in [5, 5.41) is 13.3. The Morgan fingerprint density at radius 3 is 2.65 bits per heavy atom. The van der Waals surface area contributed by atoms with Gasteiger partial charge in [0, 0.05) is 19.2 Å². The number of amides is 1. The highest BCUT2D eigenvalue weighted by molar-refractivity contribution is 6.07. The van der Waals surface area contributed by atoms with Gasteiger partial charge in [-0.3, -0.25) is 14.7 Å². The number of halogens is 1. The molecule has 1 aliphatic heterocycles. The van der Waals surface area contributed by atoms with Crippen molar-refractivity contribution in [3.8, 4) is 11.4 Å². The van der Waals surface area contributed by atoms with Crippen molar-refractivity contribution in [2.45, 2.75) is 32.4 Å². The van der Waals surface area contributed by atoms with E-state index in [0.717, 1.165) is 16.9 Å². The van der Waals surface area contributed by atoms with Gasteiger partial charge in [0.1, 0.15) is 17.6 Å². The molecule has 3 aromatic rings. The van der Waals surface area contributed by atoms with Gasteiger partial charge in [0.05, 0.1) is 37.5 Å². The van der Waals surface area contributed by atoms with Crippen LogP contribution in [0.4, 0.5) is 4.39 Å². The van der Waals surface area contributed by atoms with Crippen LogP contribution in [0.25, 0.3) is 5.69 Å². The summed E-state index contributed by atoms with van der Waals surface area (Å²) in [5.41, 5.74) is 3.28. The zero-order valence-electron chi connectivity index (χ0n) is 19.4. The number of imidazole rings is 1. The van der Waals surface area contributed by atoms with Crippen molar-refractivity contribution in [3.63, 3.8) is 0 Å². The van der Waals surface area contributed by atoms with E-state index in [1.54, 1.807) is 25.6 Å². The minimum atomic E-state index is -0.669. The minimum absolute atomic E-state index is 0.205. The van der Waals surface area contributed by atoms with Crippen molar-refractivity contribution in [1.82, 2.24) is 19.8 Å². The van der Waals surface area contributed by atoms with E-state index in [1.165, 1.54) is 17.0 Å². The molecule has 2 heterocycles. The van der Waals surface area contributed by atoms with E-state index in [1.807, 2.05) is 42.8 Å². The van der Waals surface area contributed by atoms with Crippen LogP contribution in [0.2, 0.25) is 0 Å². The second kappa shape index (κ2) is 10.0. The third kappa shape index (κ3) is 4.65. The molecule has 2 N–H and O–H groups in total. The second-order valence-electron chi connectivity index (χ2n) is 8.09. The Bertz CT molecular complexity index is 1190. The summed E-state index contributed by atoms with van der Waals surface area (Å²) < 4.78 is 20.9. The molecule has 1 unspecified atom stereocenters. The summed E-state index contributed by atoms with van der Waals surface area (Å²) in [5.74, 6) is 0.483. The normalized spacial score (nSPS) is 17.8. The molecule has 9 heteroatoms. The number of guanidine groups is 1. The third-order valence-corrected chi connectivity index (χ3v) is 5.79. The van der Waals surface area contributed by atoms with Gasteiger partial charge in [-0.25, -0.2) is 9.37 Å². The number of nitrogens with zero attached hydrogens (tertiary/aromatic N) is 4. The molecule has 2 atom stereocenters. The summed E-state index contributed by atoms with van der Waals surface area (Å²) in [6, 6.07) is 10.3. The number of ether oxygens (including phenoxy) is 1. The number of hydrogen-bond donors (Lipinski definition) is 2. The Kier molecular flexibility index (Phi) is 6.93. The number of methoxy groups -OCH3 is 1. The van der Waals surface area contributed by atoms with E-state index in [0.29, 0.717) is 30.2 Å². The van der Waals surface area contributed by atoms with Crippen molar-refractivity contribution in [2.24, 2.45) is 4.99 Å². The van der Waals surface area contributed by atoms with Crippen LogP contribution >= 0.6 is 0 Å². The fourth-order valence-electron chi connectivity index (χ4n) is 4.14. The molecule has 34 heavy (non-hydrogen) atoms. The Morgan fingerprint density at radius 1 is 1.26 bits per heavy atom. The first-order valence-corrected chi connectivity index (χ1v) is 11.1. The van der Waals surface area contributed by atoms with Crippen LogP contribution in [-0.2, 0) is 11.2 Å². The summed E-state index contributed by atoms with van der Waals surface area (Å²) in [4.78, 5) is 23.6. The number of benzene rings is 2. The van der Waals surface area contributed by atoms with Crippen molar-refractivity contribution in [3.05, 3.63) is 77.6 Å². The maximum absolute atomic E-state index is 13.4. The van der Waals surface area contributed by atoms with Gasteiger partial charge in [0.2, 0.25) is 5.96 Å². The van der Waals surface area contributed by atoms with Gasteiger partial charge in [-0.05, 0) is 49.2 Å². The SMILES string of the molecule is CCN=C1NC(Cc2ccc(-n3cnc(C)c3)c(OC)c2)C(=O)N1[C@H](CO)c1ccc(F)cc1. The molecule has 0 radical (unpaired) electrons. The number of aliphatic hydroxyl groups excluding tert-OH is 1. The van der Waals surface area contributed by atoms with Crippen molar-refractivity contribution in [2.75, 3.05) is 20.3 Å². The lowest BCUT2D eigenvalue weighted by molar-refractivity contribution is -0.129. The number of rotatable bonds is 8. The van der Waals surface area contributed by atoms with Gasteiger partial charge >= 0.3 is 0 Å². The topological polar surface area (TPSA) is 92.0 Å². The van der Waals surface area contributed by atoms with Crippen molar-refractivity contribution < 1.29 is 19.0 Å². The first kappa shape index (κ1) is 23.4. The number of aromatic nitrogens is 2. The van der Waals surface area contributed by atoms with Gasteiger partial charge in [-0.15, -0.1) is 0 Å². The molecule has 1 aromatic heterocycles. The van der Waals surface area contributed by atoms with Crippen LogP contribution in [-0.4, -0.2) is 57.7 Å². The van der Waals surface area contributed by atoms with E-state index in [-0.39, 0.29) is 18.3 Å². The van der Waals surface area contributed by atoms with Crippen LogP contribution < -0.4 is 10.1 Å². The fraction of sp³-hybridized carbons (Fsp3) is 0.320. The standard InChI is InChI=1S/C25H28FN5O3/c1-4-27-25-29-20(24(33)31(25)22(14-32)18-6-8-19(26)9-7-18)11-17-5-10-21(23(12-17)34-3)30-13-16(2)28-15-30/h5-10,12-13,15,20,22,32H,4,11,14H2,1-3H3,(H,27,29)/t20?,22-/m1/s1. The summed E-state index contributed by atoms with van der Waals surface area (Å²) in [7, 11) is 1.60. The highest BCUT2D eigenvalue weighted by atomic mass is 19.1. The van der Waals surface area contributed by atoms with E-state index < -0.39 is 12.1 Å². The molecule has 1 aliphatic rings. The number of nitrogens with one attached hydrogen (secondary N) is 1. The monoisotopic (exact) mass is 465 g/mol. The van der Waals surface area contributed by atoms with Crippen LogP contribution in [0, 0.1) is 12.7 Å². The van der Waals surface area contributed by atoms with Gasteiger partial charge in [-0.1, -0.05) is 18.2 Å². The first-order valence-electron chi connectivity index (χ1n) is 11.1. The average Bonchev–Trinajstić information content (AvgIpc) is 3.39. The zero-order valence-corrected chi connectivity index (χ0v) is 19.4. The smallest absolute Gasteiger partial charge is 0.252 e. The van der Waals surface area contributed by atoms with E-state index in [9.17, 15) is 14.3 Å². The van der Waals surface area contributed by atoms with Crippen LogP contribution in [0.1, 0.15) is 29.8 Å². The average molecular weight is 466 g/mol. The fourth-order valence-corrected chi connectivity index (χ4v) is 4.14. The number of carbonyl (C=O) groups is 1. The lowest BCUT2D eigenvalue weighted by atomic mass is 10.0. The minimum Gasteiger partial charge on any atom is -0.495 e. The van der Waals surface area contributed by atoms with Gasteiger partial charge in [-0.2, -0.15) is 0 Å².